The van der Waals surface area contributed by atoms with Crippen LogP contribution in [-0.2, 0) is 0 Å². The molecular formula is C13H10N4OS2. The fraction of sp³-hybridized carbons (Fsp3) is 0.0769. The largest absolute Gasteiger partial charge is 0.321 e. The van der Waals surface area contributed by atoms with Gasteiger partial charge in [0.1, 0.15) is 10.6 Å². The number of aromatic nitrogens is 3. The van der Waals surface area contributed by atoms with Crippen molar-refractivity contribution >= 4 is 34.5 Å². The number of thiazole rings is 1. The summed E-state index contributed by atoms with van der Waals surface area (Å²) in [6.07, 6.45) is 0. The van der Waals surface area contributed by atoms with E-state index in [0.29, 0.717) is 4.88 Å². The maximum absolute atomic E-state index is 12.0. The number of anilines is 1. The predicted molar refractivity (Wildman–Crippen MR) is 80.1 cm³/mol. The van der Waals surface area contributed by atoms with Crippen molar-refractivity contribution in [2.45, 2.75) is 6.92 Å². The number of rotatable bonds is 3. The Labute approximate surface area is 123 Å². The first kappa shape index (κ1) is 12.9. The average Bonchev–Trinajstić information content (AvgIpc) is 3.10. The Hall–Kier alpha value is -2.12. The lowest BCUT2D eigenvalue weighted by Gasteiger charge is -2.04. The van der Waals surface area contributed by atoms with Gasteiger partial charge in [-0.2, -0.15) is 0 Å². The molecule has 20 heavy (non-hydrogen) atoms. The summed E-state index contributed by atoms with van der Waals surface area (Å²) in [7, 11) is 0. The second-order valence-corrected chi connectivity index (χ2v) is 5.55. The van der Waals surface area contributed by atoms with Crippen LogP contribution in [0.2, 0.25) is 0 Å². The van der Waals surface area contributed by atoms with Crippen molar-refractivity contribution in [3.05, 3.63) is 45.7 Å². The Kier molecular flexibility index (Phi) is 3.53. The van der Waals surface area contributed by atoms with Crippen LogP contribution in [0.5, 0.6) is 0 Å². The van der Waals surface area contributed by atoms with Crippen molar-refractivity contribution in [1.29, 1.82) is 0 Å². The fourth-order valence-electron chi connectivity index (χ4n) is 1.72. The normalized spacial score (nSPS) is 10.4. The lowest BCUT2D eigenvalue weighted by Crippen LogP contribution is -2.11. The monoisotopic (exact) mass is 302 g/mol. The highest BCUT2D eigenvalue weighted by Crippen LogP contribution is 2.21. The zero-order valence-corrected chi connectivity index (χ0v) is 12.2. The molecule has 7 heteroatoms. The van der Waals surface area contributed by atoms with Crippen molar-refractivity contribution in [3.8, 4) is 11.3 Å². The number of nitrogens with one attached hydrogen (secondary N) is 1. The van der Waals surface area contributed by atoms with E-state index < -0.39 is 0 Å². The third-order valence-corrected chi connectivity index (χ3v) is 4.18. The third-order valence-electron chi connectivity index (χ3n) is 2.75. The molecule has 1 aromatic carbocycles. The van der Waals surface area contributed by atoms with Gasteiger partial charge in [0.25, 0.3) is 5.91 Å². The van der Waals surface area contributed by atoms with Crippen LogP contribution in [0.1, 0.15) is 15.4 Å². The molecule has 0 aliphatic heterocycles. The van der Waals surface area contributed by atoms with E-state index in [1.54, 1.807) is 5.51 Å². The van der Waals surface area contributed by atoms with Gasteiger partial charge in [0.05, 0.1) is 11.2 Å². The second kappa shape index (κ2) is 5.48. The minimum absolute atomic E-state index is 0.131. The van der Waals surface area contributed by atoms with Gasteiger partial charge in [-0.3, -0.25) is 4.79 Å². The summed E-state index contributed by atoms with van der Waals surface area (Å²) in [6.45, 7) is 1.82. The summed E-state index contributed by atoms with van der Waals surface area (Å²) in [5, 5.41) is 8.74. The first-order valence-electron chi connectivity index (χ1n) is 5.83. The van der Waals surface area contributed by atoms with E-state index in [0.717, 1.165) is 22.6 Å². The summed E-state index contributed by atoms with van der Waals surface area (Å²) in [5.74, 6) is -0.131. The van der Waals surface area contributed by atoms with Crippen LogP contribution in [0.3, 0.4) is 0 Å². The third kappa shape index (κ3) is 2.59. The molecule has 0 bridgehead atoms. The summed E-state index contributed by atoms with van der Waals surface area (Å²) in [6, 6.07) is 7.52. The van der Waals surface area contributed by atoms with E-state index in [-0.39, 0.29) is 5.91 Å². The SMILES string of the molecule is Cc1ncsc1C(=O)Nc1ccc(-c2csnn2)cc1. The topological polar surface area (TPSA) is 67.8 Å². The van der Waals surface area contributed by atoms with E-state index in [1.807, 2.05) is 36.6 Å². The van der Waals surface area contributed by atoms with E-state index in [1.165, 1.54) is 22.9 Å². The number of nitrogens with zero attached hydrogens (tertiary/aromatic N) is 3. The molecule has 0 fully saturated rings. The van der Waals surface area contributed by atoms with Gasteiger partial charge in [-0.25, -0.2) is 4.98 Å². The smallest absolute Gasteiger partial charge is 0.267 e. The molecular weight excluding hydrogens is 292 g/mol. The Morgan fingerprint density at radius 2 is 2.05 bits per heavy atom. The van der Waals surface area contributed by atoms with E-state index >= 15 is 0 Å². The Balaban J connectivity index is 1.76. The number of hydrogen-bond donors (Lipinski definition) is 1. The van der Waals surface area contributed by atoms with Crippen molar-refractivity contribution < 1.29 is 4.79 Å². The summed E-state index contributed by atoms with van der Waals surface area (Å²) >= 11 is 2.65. The number of aryl methyl sites for hydroxylation is 1. The van der Waals surface area contributed by atoms with Crippen molar-refractivity contribution in [1.82, 2.24) is 14.6 Å². The predicted octanol–water partition coefficient (Wildman–Crippen LogP) is 3.22. The summed E-state index contributed by atoms with van der Waals surface area (Å²) < 4.78 is 3.83. The molecule has 0 aliphatic rings. The van der Waals surface area contributed by atoms with Crippen molar-refractivity contribution in [2.75, 3.05) is 5.32 Å². The molecule has 2 heterocycles. The molecule has 0 saturated heterocycles. The molecule has 3 rings (SSSR count). The maximum atomic E-state index is 12.0. The minimum atomic E-state index is -0.131. The highest BCUT2D eigenvalue weighted by Gasteiger charge is 2.11. The number of amides is 1. The Morgan fingerprint density at radius 1 is 1.25 bits per heavy atom. The van der Waals surface area contributed by atoms with E-state index in [9.17, 15) is 4.79 Å². The first-order chi connectivity index (χ1) is 9.74. The van der Waals surface area contributed by atoms with Crippen LogP contribution in [0.15, 0.2) is 35.2 Å². The molecule has 0 radical (unpaired) electrons. The maximum Gasteiger partial charge on any atom is 0.267 e. The van der Waals surface area contributed by atoms with Gasteiger partial charge >= 0.3 is 0 Å². The molecule has 0 atom stereocenters. The lowest BCUT2D eigenvalue weighted by molar-refractivity contribution is 0.103. The molecule has 0 saturated carbocycles. The van der Waals surface area contributed by atoms with E-state index in [2.05, 4.69) is 19.9 Å². The number of hydrogen-bond acceptors (Lipinski definition) is 6. The van der Waals surface area contributed by atoms with Crippen LogP contribution < -0.4 is 5.32 Å². The van der Waals surface area contributed by atoms with Gasteiger partial charge in [0, 0.05) is 16.6 Å². The number of benzene rings is 1. The van der Waals surface area contributed by atoms with Gasteiger partial charge < -0.3 is 5.32 Å². The van der Waals surface area contributed by atoms with Crippen molar-refractivity contribution in [2.24, 2.45) is 0 Å². The second-order valence-electron chi connectivity index (χ2n) is 4.09. The highest BCUT2D eigenvalue weighted by atomic mass is 32.1. The quantitative estimate of drug-likeness (QED) is 0.806. The number of carbonyl (C=O) groups is 1. The molecule has 1 amide bonds. The van der Waals surface area contributed by atoms with Gasteiger partial charge in [0.15, 0.2) is 0 Å². The molecule has 3 aromatic rings. The lowest BCUT2D eigenvalue weighted by atomic mass is 10.1. The van der Waals surface area contributed by atoms with Crippen LogP contribution >= 0.6 is 22.9 Å². The van der Waals surface area contributed by atoms with Crippen LogP contribution in [0.25, 0.3) is 11.3 Å². The Morgan fingerprint density at radius 3 is 2.65 bits per heavy atom. The van der Waals surface area contributed by atoms with Gasteiger partial charge in [0.2, 0.25) is 0 Å². The minimum Gasteiger partial charge on any atom is -0.321 e. The average molecular weight is 302 g/mol. The standard InChI is InChI=1S/C13H10N4OS2/c1-8-12(19-7-14-8)13(18)15-10-4-2-9(3-5-10)11-6-20-17-16-11/h2-7H,1H3,(H,15,18). The molecule has 100 valence electrons. The highest BCUT2D eigenvalue weighted by molar-refractivity contribution is 7.12. The zero-order valence-electron chi connectivity index (χ0n) is 10.5. The molecule has 0 unspecified atom stereocenters. The van der Waals surface area contributed by atoms with Gasteiger partial charge in [-0.15, -0.1) is 16.4 Å². The molecule has 1 N–H and O–H groups in total. The van der Waals surface area contributed by atoms with Crippen LogP contribution in [0, 0.1) is 6.92 Å². The first-order valence-corrected chi connectivity index (χ1v) is 7.54. The zero-order chi connectivity index (χ0) is 13.9. The number of carbonyl (C=O) groups excluding carboxylic acids is 1. The van der Waals surface area contributed by atoms with Crippen LogP contribution in [0.4, 0.5) is 5.69 Å². The van der Waals surface area contributed by atoms with Crippen molar-refractivity contribution in [3.63, 3.8) is 0 Å². The van der Waals surface area contributed by atoms with Gasteiger partial charge in [-0.1, -0.05) is 16.6 Å². The molecule has 0 aliphatic carbocycles. The van der Waals surface area contributed by atoms with E-state index in [4.69, 9.17) is 0 Å². The van der Waals surface area contributed by atoms with Gasteiger partial charge in [-0.05, 0) is 30.6 Å². The molecule has 0 spiro atoms. The summed E-state index contributed by atoms with van der Waals surface area (Å²) in [4.78, 5) is 16.8. The van der Waals surface area contributed by atoms with Crippen LogP contribution in [-0.4, -0.2) is 20.5 Å². The Bertz CT molecular complexity index is 719. The molecule has 2 aromatic heterocycles. The molecule has 5 nitrogen and oxygen atoms in total. The summed E-state index contributed by atoms with van der Waals surface area (Å²) in [5.41, 5.74) is 4.98. The fourth-order valence-corrected chi connectivity index (χ4v) is 2.89.